The zero-order valence-corrected chi connectivity index (χ0v) is 5.81. The smallest absolute Gasteiger partial charge is 0.146 e. The van der Waals surface area contributed by atoms with Crippen molar-refractivity contribution in [3.63, 3.8) is 0 Å². The Balaban J connectivity index is 1.88. The topological polar surface area (TPSA) is 21.8 Å². The molecule has 1 aliphatic rings. The van der Waals surface area contributed by atoms with Gasteiger partial charge in [-0.05, 0) is 0 Å². The third kappa shape index (κ3) is 1.08. The Morgan fingerprint density at radius 1 is 2.00 bits per heavy atom. The van der Waals surface area contributed by atoms with Crippen molar-refractivity contribution in [2.24, 2.45) is 0 Å². The first-order chi connectivity index (χ1) is 2.93. The quantitative estimate of drug-likeness (QED) is 0.320. The molecule has 1 aliphatic heterocycles. The maximum absolute atomic E-state index is 4.88. The van der Waals surface area contributed by atoms with Crippen molar-refractivity contribution in [2.45, 2.75) is 6.10 Å². The molecular weight excluding hydrogens is 96.1 g/mol. The third-order valence-electron chi connectivity index (χ3n) is 0.755. The summed E-state index contributed by atoms with van der Waals surface area (Å²) in [6.07, 6.45) is 0.461. The summed E-state index contributed by atoms with van der Waals surface area (Å²) in [6, 6.07) is 0. The Hall–Kier alpha value is 0.137. The zero-order chi connectivity index (χ0) is 4.41. The SMILES string of the molecule is [SiH3]OC[C@H]1CO1. The summed E-state index contributed by atoms with van der Waals surface area (Å²) in [4.78, 5) is 0. The molecule has 3 heteroatoms. The van der Waals surface area contributed by atoms with Crippen LogP contribution in [0.3, 0.4) is 0 Å². The third-order valence-corrected chi connectivity index (χ3v) is 1.09. The highest BCUT2D eigenvalue weighted by atomic mass is 28.2. The van der Waals surface area contributed by atoms with Crippen molar-refractivity contribution in [1.82, 2.24) is 0 Å². The summed E-state index contributed by atoms with van der Waals surface area (Å²) in [7, 11) is 0.847. The van der Waals surface area contributed by atoms with Gasteiger partial charge in [0.1, 0.15) is 16.6 Å². The lowest BCUT2D eigenvalue weighted by molar-refractivity contribution is 0.281. The number of epoxide rings is 1. The van der Waals surface area contributed by atoms with Gasteiger partial charge in [-0.1, -0.05) is 0 Å². The molecule has 6 heavy (non-hydrogen) atoms. The normalized spacial score (nSPS) is 31.0. The lowest BCUT2D eigenvalue weighted by atomic mass is 10.5. The molecule has 0 unspecified atom stereocenters. The molecule has 1 fully saturated rings. The van der Waals surface area contributed by atoms with Crippen LogP contribution in [-0.4, -0.2) is 29.8 Å². The molecule has 36 valence electrons. The molecule has 0 aliphatic carbocycles. The molecule has 2 nitrogen and oxygen atoms in total. The number of rotatable bonds is 2. The summed E-state index contributed by atoms with van der Waals surface area (Å²) in [5.74, 6) is 0. The van der Waals surface area contributed by atoms with E-state index in [1.165, 1.54) is 0 Å². The maximum Gasteiger partial charge on any atom is 0.146 e. The van der Waals surface area contributed by atoms with Gasteiger partial charge >= 0.3 is 0 Å². The van der Waals surface area contributed by atoms with Crippen LogP contribution in [0.15, 0.2) is 0 Å². The molecule has 0 N–H and O–H groups in total. The van der Waals surface area contributed by atoms with Gasteiger partial charge in [-0.25, -0.2) is 0 Å². The average molecular weight is 104 g/mol. The first kappa shape index (κ1) is 4.30. The van der Waals surface area contributed by atoms with E-state index in [9.17, 15) is 0 Å². The van der Waals surface area contributed by atoms with Crippen molar-refractivity contribution in [3.8, 4) is 0 Å². The van der Waals surface area contributed by atoms with Crippen LogP contribution in [0, 0.1) is 0 Å². The van der Waals surface area contributed by atoms with Gasteiger partial charge in [0.25, 0.3) is 0 Å². The predicted molar refractivity (Wildman–Crippen MR) is 25.6 cm³/mol. The molecule has 0 amide bonds. The van der Waals surface area contributed by atoms with E-state index in [1.807, 2.05) is 0 Å². The molecule has 0 saturated carbocycles. The molecular formula is C3H8O2Si. The summed E-state index contributed by atoms with van der Waals surface area (Å²) >= 11 is 0. The summed E-state index contributed by atoms with van der Waals surface area (Å²) in [6.45, 7) is 1.74. The van der Waals surface area contributed by atoms with Crippen LogP contribution in [-0.2, 0) is 9.16 Å². The van der Waals surface area contributed by atoms with Gasteiger partial charge in [0.05, 0.1) is 13.2 Å². The highest BCUT2D eigenvalue weighted by molar-refractivity contribution is 5.97. The zero-order valence-electron chi connectivity index (χ0n) is 3.81. The molecule has 1 atom stereocenters. The summed E-state index contributed by atoms with van der Waals surface area (Å²) in [5, 5.41) is 0. The monoisotopic (exact) mass is 104 g/mol. The van der Waals surface area contributed by atoms with Crippen molar-refractivity contribution in [1.29, 1.82) is 0 Å². The van der Waals surface area contributed by atoms with E-state index in [-0.39, 0.29) is 0 Å². The Morgan fingerprint density at radius 2 is 2.67 bits per heavy atom. The van der Waals surface area contributed by atoms with Gasteiger partial charge < -0.3 is 9.16 Å². The van der Waals surface area contributed by atoms with Crippen molar-refractivity contribution >= 4 is 10.5 Å². The Bertz CT molecular complexity index is 44.1. The Kier molecular flexibility index (Phi) is 1.24. The number of hydrogen-bond donors (Lipinski definition) is 0. The lowest BCUT2D eigenvalue weighted by Crippen LogP contribution is -1.96. The Labute approximate surface area is 40.0 Å². The van der Waals surface area contributed by atoms with Gasteiger partial charge in [-0.2, -0.15) is 0 Å². The minimum Gasteiger partial charge on any atom is -0.425 e. The largest absolute Gasteiger partial charge is 0.425 e. The van der Waals surface area contributed by atoms with Crippen LogP contribution in [0.5, 0.6) is 0 Å². The standard InChI is InChI=1S/C3H8O2Si/c6-5-2-3-1-4-3/h3H,1-2H2,6H3/t3-/m1/s1. The van der Waals surface area contributed by atoms with Crippen LogP contribution in [0.25, 0.3) is 0 Å². The first-order valence-corrected chi connectivity index (χ1v) is 2.85. The van der Waals surface area contributed by atoms with Crippen LogP contribution >= 0.6 is 0 Å². The van der Waals surface area contributed by atoms with Gasteiger partial charge in [0.2, 0.25) is 0 Å². The van der Waals surface area contributed by atoms with E-state index < -0.39 is 0 Å². The fourth-order valence-corrected chi connectivity index (χ4v) is 0.722. The fraction of sp³-hybridized carbons (Fsp3) is 1.00. The second-order valence-electron chi connectivity index (χ2n) is 1.41. The molecule has 0 aromatic rings. The van der Waals surface area contributed by atoms with Gasteiger partial charge in [0.15, 0.2) is 0 Å². The number of hydrogen-bond acceptors (Lipinski definition) is 2. The van der Waals surface area contributed by atoms with E-state index in [0.29, 0.717) is 6.10 Å². The predicted octanol–water partition coefficient (Wildman–Crippen LogP) is -1.32. The molecule has 0 bridgehead atoms. The van der Waals surface area contributed by atoms with Crippen molar-refractivity contribution in [2.75, 3.05) is 13.2 Å². The summed E-state index contributed by atoms with van der Waals surface area (Å²) in [5.41, 5.74) is 0. The molecule has 0 aromatic heterocycles. The first-order valence-electron chi connectivity index (χ1n) is 2.04. The second-order valence-corrected chi connectivity index (χ2v) is 1.99. The highest BCUT2D eigenvalue weighted by Gasteiger charge is 2.20. The van der Waals surface area contributed by atoms with E-state index >= 15 is 0 Å². The fourth-order valence-electron chi connectivity index (χ4n) is 0.350. The van der Waals surface area contributed by atoms with E-state index in [0.717, 1.165) is 23.7 Å². The van der Waals surface area contributed by atoms with Crippen molar-refractivity contribution < 1.29 is 9.16 Å². The van der Waals surface area contributed by atoms with E-state index in [1.54, 1.807) is 0 Å². The second kappa shape index (κ2) is 1.73. The maximum atomic E-state index is 4.88. The van der Waals surface area contributed by atoms with Gasteiger partial charge in [-0.3, -0.25) is 0 Å². The molecule has 1 heterocycles. The molecule has 0 radical (unpaired) electrons. The minimum absolute atomic E-state index is 0.461. The molecule has 0 spiro atoms. The van der Waals surface area contributed by atoms with Crippen LogP contribution in [0.2, 0.25) is 0 Å². The average Bonchev–Trinajstić information content (AvgIpc) is 2.21. The molecule has 1 rings (SSSR count). The molecule has 1 saturated heterocycles. The van der Waals surface area contributed by atoms with Gasteiger partial charge in [-0.15, -0.1) is 0 Å². The number of ether oxygens (including phenoxy) is 1. The van der Waals surface area contributed by atoms with Crippen LogP contribution in [0.4, 0.5) is 0 Å². The summed E-state index contributed by atoms with van der Waals surface area (Å²) < 4.78 is 9.73. The minimum atomic E-state index is 0.461. The van der Waals surface area contributed by atoms with Crippen LogP contribution in [0.1, 0.15) is 0 Å². The Morgan fingerprint density at radius 3 is 2.83 bits per heavy atom. The van der Waals surface area contributed by atoms with Gasteiger partial charge in [0, 0.05) is 0 Å². The van der Waals surface area contributed by atoms with E-state index in [4.69, 9.17) is 9.16 Å². The van der Waals surface area contributed by atoms with Crippen LogP contribution < -0.4 is 0 Å². The highest BCUT2D eigenvalue weighted by Crippen LogP contribution is 2.06. The lowest BCUT2D eigenvalue weighted by Gasteiger charge is -1.85. The van der Waals surface area contributed by atoms with Crippen molar-refractivity contribution in [3.05, 3.63) is 0 Å². The van der Waals surface area contributed by atoms with E-state index in [2.05, 4.69) is 0 Å². The molecule has 0 aromatic carbocycles.